The van der Waals surface area contributed by atoms with Gasteiger partial charge in [-0.2, -0.15) is 0 Å². The Morgan fingerprint density at radius 3 is 2.50 bits per heavy atom. The standard InChI is InChI=1S/C12H24N2O2/c1-8(15)12(2,3)14-11(16)9-6-4-5-7-10(9)13/h8-10,15H,4-7,13H2,1-3H3,(H,14,16). The lowest BCUT2D eigenvalue weighted by Gasteiger charge is -2.34. The van der Waals surface area contributed by atoms with Crippen LogP contribution in [0, 0.1) is 5.92 Å². The number of carbonyl (C=O) groups excluding carboxylic acids is 1. The summed E-state index contributed by atoms with van der Waals surface area (Å²) in [4.78, 5) is 12.0. The van der Waals surface area contributed by atoms with Gasteiger partial charge in [0.1, 0.15) is 0 Å². The first-order chi connectivity index (χ1) is 7.34. The van der Waals surface area contributed by atoms with Crippen molar-refractivity contribution in [2.45, 2.75) is 64.1 Å². The highest BCUT2D eigenvalue weighted by Gasteiger charge is 2.33. The van der Waals surface area contributed by atoms with E-state index in [1.54, 1.807) is 6.92 Å². The lowest BCUT2D eigenvalue weighted by Crippen LogP contribution is -2.55. The fraction of sp³-hybridized carbons (Fsp3) is 0.917. The summed E-state index contributed by atoms with van der Waals surface area (Å²) in [5.74, 6) is -0.107. The van der Waals surface area contributed by atoms with Crippen LogP contribution in [0.2, 0.25) is 0 Å². The molecule has 1 aliphatic rings. The van der Waals surface area contributed by atoms with Crippen molar-refractivity contribution < 1.29 is 9.90 Å². The van der Waals surface area contributed by atoms with Gasteiger partial charge in [0.25, 0.3) is 0 Å². The number of hydrogen-bond donors (Lipinski definition) is 3. The number of amides is 1. The zero-order chi connectivity index (χ0) is 12.3. The molecule has 94 valence electrons. The molecule has 0 radical (unpaired) electrons. The maximum absolute atomic E-state index is 12.0. The highest BCUT2D eigenvalue weighted by atomic mass is 16.3. The number of carbonyl (C=O) groups is 1. The molecule has 0 spiro atoms. The minimum absolute atomic E-state index is 0.0156. The fourth-order valence-corrected chi connectivity index (χ4v) is 2.00. The molecule has 3 unspecified atom stereocenters. The number of nitrogens with one attached hydrogen (secondary N) is 1. The molecule has 4 heteroatoms. The monoisotopic (exact) mass is 228 g/mol. The van der Waals surface area contributed by atoms with E-state index in [1.807, 2.05) is 13.8 Å². The second-order valence-corrected chi connectivity index (χ2v) is 5.44. The second kappa shape index (κ2) is 5.15. The van der Waals surface area contributed by atoms with Crippen molar-refractivity contribution in [2.75, 3.05) is 0 Å². The largest absolute Gasteiger partial charge is 0.391 e. The fourth-order valence-electron chi connectivity index (χ4n) is 2.00. The van der Waals surface area contributed by atoms with E-state index >= 15 is 0 Å². The van der Waals surface area contributed by atoms with Gasteiger partial charge in [0.2, 0.25) is 5.91 Å². The number of rotatable bonds is 3. The van der Waals surface area contributed by atoms with Crippen molar-refractivity contribution in [3.63, 3.8) is 0 Å². The summed E-state index contributed by atoms with van der Waals surface area (Å²) in [7, 11) is 0. The predicted molar refractivity (Wildman–Crippen MR) is 63.8 cm³/mol. The third-order valence-electron chi connectivity index (χ3n) is 3.65. The van der Waals surface area contributed by atoms with Gasteiger partial charge in [-0.15, -0.1) is 0 Å². The van der Waals surface area contributed by atoms with Gasteiger partial charge in [-0.05, 0) is 33.6 Å². The van der Waals surface area contributed by atoms with E-state index in [-0.39, 0.29) is 17.9 Å². The molecule has 0 aromatic rings. The van der Waals surface area contributed by atoms with Crippen molar-refractivity contribution in [3.05, 3.63) is 0 Å². The average molecular weight is 228 g/mol. The Morgan fingerprint density at radius 1 is 1.44 bits per heavy atom. The van der Waals surface area contributed by atoms with Gasteiger partial charge < -0.3 is 16.2 Å². The summed E-state index contributed by atoms with van der Waals surface area (Å²) in [6.45, 7) is 5.33. The molecular formula is C12H24N2O2. The summed E-state index contributed by atoms with van der Waals surface area (Å²) in [6, 6.07) is -0.0291. The van der Waals surface area contributed by atoms with Crippen molar-refractivity contribution in [3.8, 4) is 0 Å². The first kappa shape index (κ1) is 13.5. The summed E-state index contributed by atoms with van der Waals surface area (Å²) >= 11 is 0. The van der Waals surface area contributed by atoms with Crippen LogP contribution in [0.25, 0.3) is 0 Å². The summed E-state index contributed by atoms with van der Waals surface area (Å²) in [6.07, 6.45) is 3.40. The van der Waals surface area contributed by atoms with Gasteiger partial charge in [-0.25, -0.2) is 0 Å². The van der Waals surface area contributed by atoms with Gasteiger partial charge in [-0.1, -0.05) is 12.8 Å². The molecule has 0 saturated heterocycles. The zero-order valence-corrected chi connectivity index (χ0v) is 10.5. The van der Waals surface area contributed by atoms with Crippen LogP contribution < -0.4 is 11.1 Å². The van der Waals surface area contributed by atoms with Crippen molar-refractivity contribution in [2.24, 2.45) is 11.7 Å². The summed E-state index contributed by atoms with van der Waals surface area (Å²) in [5, 5.41) is 12.4. The number of aliphatic hydroxyl groups excluding tert-OH is 1. The Morgan fingerprint density at radius 2 is 2.00 bits per heavy atom. The smallest absolute Gasteiger partial charge is 0.225 e. The Bertz CT molecular complexity index is 251. The molecular weight excluding hydrogens is 204 g/mol. The molecule has 3 atom stereocenters. The normalized spacial score (nSPS) is 28.6. The third-order valence-corrected chi connectivity index (χ3v) is 3.65. The Balaban J connectivity index is 2.57. The summed E-state index contributed by atoms with van der Waals surface area (Å²) in [5.41, 5.74) is 5.36. The molecule has 0 aromatic heterocycles. The minimum atomic E-state index is -0.589. The minimum Gasteiger partial charge on any atom is -0.391 e. The Hall–Kier alpha value is -0.610. The molecule has 16 heavy (non-hydrogen) atoms. The van der Waals surface area contributed by atoms with Gasteiger partial charge in [0.15, 0.2) is 0 Å². The third kappa shape index (κ3) is 3.19. The SMILES string of the molecule is CC(O)C(C)(C)NC(=O)C1CCCCC1N. The van der Waals surface area contributed by atoms with Gasteiger partial charge in [0, 0.05) is 6.04 Å². The molecule has 0 aromatic carbocycles. The number of hydrogen-bond acceptors (Lipinski definition) is 3. The lowest BCUT2D eigenvalue weighted by atomic mass is 9.83. The maximum Gasteiger partial charge on any atom is 0.225 e. The predicted octanol–water partition coefficient (Wildman–Crippen LogP) is 0.779. The first-order valence-electron chi connectivity index (χ1n) is 6.10. The van der Waals surface area contributed by atoms with Gasteiger partial charge in [0.05, 0.1) is 17.6 Å². The molecule has 1 rings (SSSR count). The van der Waals surface area contributed by atoms with E-state index < -0.39 is 11.6 Å². The highest BCUT2D eigenvalue weighted by molar-refractivity contribution is 5.80. The molecule has 0 aliphatic heterocycles. The van der Waals surface area contributed by atoms with Crippen LogP contribution in [-0.4, -0.2) is 28.7 Å². The van der Waals surface area contributed by atoms with E-state index in [4.69, 9.17) is 5.73 Å². The zero-order valence-electron chi connectivity index (χ0n) is 10.5. The average Bonchev–Trinajstić information content (AvgIpc) is 2.17. The van der Waals surface area contributed by atoms with E-state index in [0.29, 0.717) is 0 Å². The molecule has 0 heterocycles. The van der Waals surface area contributed by atoms with E-state index in [1.165, 1.54) is 0 Å². The second-order valence-electron chi connectivity index (χ2n) is 5.44. The quantitative estimate of drug-likeness (QED) is 0.668. The van der Waals surface area contributed by atoms with Crippen molar-refractivity contribution in [1.29, 1.82) is 0 Å². The topological polar surface area (TPSA) is 75.3 Å². The van der Waals surface area contributed by atoms with Crippen LogP contribution in [0.4, 0.5) is 0 Å². The molecule has 1 saturated carbocycles. The van der Waals surface area contributed by atoms with Gasteiger partial charge >= 0.3 is 0 Å². The highest BCUT2D eigenvalue weighted by Crippen LogP contribution is 2.24. The number of nitrogens with two attached hydrogens (primary N) is 1. The first-order valence-corrected chi connectivity index (χ1v) is 6.10. The van der Waals surface area contributed by atoms with Crippen LogP contribution in [-0.2, 0) is 4.79 Å². The van der Waals surface area contributed by atoms with Crippen molar-refractivity contribution in [1.82, 2.24) is 5.32 Å². The van der Waals surface area contributed by atoms with Crippen LogP contribution in [0.3, 0.4) is 0 Å². The van der Waals surface area contributed by atoms with E-state index in [2.05, 4.69) is 5.32 Å². The van der Waals surface area contributed by atoms with E-state index in [9.17, 15) is 9.90 Å². The molecule has 1 fully saturated rings. The van der Waals surface area contributed by atoms with Crippen LogP contribution >= 0.6 is 0 Å². The Kier molecular flexibility index (Phi) is 4.33. The molecule has 1 amide bonds. The Labute approximate surface area is 97.6 Å². The summed E-state index contributed by atoms with van der Waals surface area (Å²) < 4.78 is 0. The molecule has 4 N–H and O–H groups in total. The van der Waals surface area contributed by atoms with Crippen molar-refractivity contribution >= 4 is 5.91 Å². The maximum atomic E-state index is 12.0. The van der Waals surface area contributed by atoms with E-state index in [0.717, 1.165) is 25.7 Å². The molecule has 1 aliphatic carbocycles. The lowest BCUT2D eigenvalue weighted by molar-refractivity contribution is -0.129. The number of aliphatic hydroxyl groups is 1. The van der Waals surface area contributed by atoms with Gasteiger partial charge in [-0.3, -0.25) is 4.79 Å². The van der Waals surface area contributed by atoms with Crippen LogP contribution in [0.5, 0.6) is 0 Å². The molecule has 4 nitrogen and oxygen atoms in total. The van der Waals surface area contributed by atoms with Crippen LogP contribution in [0.1, 0.15) is 46.5 Å². The molecule has 0 bridgehead atoms. The van der Waals surface area contributed by atoms with Crippen LogP contribution in [0.15, 0.2) is 0 Å².